The van der Waals surface area contributed by atoms with Gasteiger partial charge in [-0.05, 0) is 5.56 Å². The second-order valence-electron chi connectivity index (χ2n) is 4.47. The minimum absolute atomic E-state index is 0.0453. The molecule has 18 heavy (non-hydrogen) atoms. The summed E-state index contributed by atoms with van der Waals surface area (Å²) in [5, 5.41) is 6.94. The van der Waals surface area contributed by atoms with E-state index in [9.17, 15) is 4.79 Å². The summed E-state index contributed by atoms with van der Waals surface area (Å²) in [4.78, 5) is 13.5. The fraction of sp³-hybridized carbons (Fsp3) is 0.231. The Balaban J connectivity index is 2.00. The lowest BCUT2D eigenvalue weighted by Gasteiger charge is -2.15. The number of amides is 1. The van der Waals surface area contributed by atoms with Crippen LogP contribution in [0, 0.1) is 0 Å². The molecule has 0 aliphatic carbocycles. The molecule has 92 valence electrons. The lowest BCUT2D eigenvalue weighted by atomic mass is 10.1. The van der Waals surface area contributed by atoms with E-state index < -0.39 is 0 Å². The third-order valence-electron chi connectivity index (χ3n) is 3.13. The summed E-state index contributed by atoms with van der Waals surface area (Å²) >= 11 is 0. The molecule has 5 heteroatoms. The number of carbonyl (C=O) groups excluding carboxylic acids is 1. The van der Waals surface area contributed by atoms with Gasteiger partial charge in [0.15, 0.2) is 0 Å². The van der Waals surface area contributed by atoms with Crippen molar-refractivity contribution in [1.82, 2.24) is 10.2 Å². The molecule has 0 radical (unpaired) electrons. The molecule has 1 amide bonds. The molecular weight excluding hydrogens is 228 g/mol. The molecule has 1 saturated heterocycles. The molecule has 1 aromatic carbocycles. The van der Waals surface area contributed by atoms with Gasteiger partial charge in [-0.3, -0.25) is 14.8 Å². The van der Waals surface area contributed by atoms with Crippen LogP contribution in [0.3, 0.4) is 0 Å². The highest BCUT2D eigenvalue weighted by Gasteiger charge is 2.30. The molecule has 1 aliphatic heterocycles. The molecule has 3 rings (SSSR count). The molecule has 0 saturated carbocycles. The minimum atomic E-state index is -0.0931. The quantitative estimate of drug-likeness (QED) is 0.829. The van der Waals surface area contributed by atoms with Gasteiger partial charge in [0.25, 0.3) is 0 Å². The second kappa shape index (κ2) is 4.27. The van der Waals surface area contributed by atoms with Crippen LogP contribution in [-0.2, 0) is 4.79 Å². The number of hydrogen-bond donors (Lipinski definition) is 2. The monoisotopic (exact) mass is 242 g/mol. The maximum Gasteiger partial charge on any atom is 0.229 e. The van der Waals surface area contributed by atoms with Gasteiger partial charge >= 0.3 is 0 Å². The van der Waals surface area contributed by atoms with Crippen LogP contribution in [0.15, 0.2) is 36.5 Å². The molecule has 2 heterocycles. The Labute approximate surface area is 105 Å². The number of H-pyrrole nitrogens is 1. The van der Waals surface area contributed by atoms with Gasteiger partial charge in [0.1, 0.15) is 5.82 Å². The van der Waals surface area contributed by atoms with Gasteiger partial charge in [0.05, 0.1) is 6.20 Å². The van der Waals surface area contributed by atoms with Crippen LogP contribution >= 0.6 is 0 Å². The first kappa shape index (κ1) is 11.0. The summed E-state index contributed by atoms with van der Waals surface area (Å²) in [7, 11) is 0. The van der Waals surface area contributed by atoms with E-state index in [0.717, 1.165) is 16.9 Å². The van der Waals surface area contributed by atoms with E-state index in [1.54, 1.807) is 11.1 Å². The highest BCUT2D eigenvalue weighted by molar-refractivity contribution is 5.98. The van der Waals surface area contributed by atoms with Gasteiger partial charge in [-0.25, -0.2) is 0 Å². The van der Waals surface area contributed by atoms with E-state index in [4.69, 9.17) is 5.73 Å². The maximum atomic E-state index is 11.9. The van der Waals surface area contributed by atoms with Crippen LogP contribution in [0.1, 0.15) is 6.42 Å². The zero-order chi connectivity index (χ0) is 12.5. The summed E-state index contributed by atoms with van der Waals surface area (Å²) in [6.07, 6.45) is 2.13. The smallest absolute Gasteiger partial charge is 0.229 e. The van der Waals surface area contributed by atoms with Gasteiger partial charge in [-0.15, -0.1) is 0 Å². The number of nitrogens with one attached hydrogen (secondary N) is 1. The molecule has 1 aromatic heterocycles. The summed E-state index contributed by atoms with van der Waals surface area (Å²) in [5.41, 5.74) is 7.78. The highest BCUT2D eigenvalue weighted by Crippen LogP contribution is 2.30. The Hall–Kier alpha value is -2.14. The third kappa shape index (κ3) is 1.78. The normalized spacial score (nSPS) is 19.5. The Morgan fingerprint density at radius 3 is 2.78 bits per heavy atom. The van der Waals surface area contributed by atoms with Gasteiger partial charge in [-0.2, -0.15) is 5.10 Å². The zero-order valence-corrected chi connectivity index (χ0v) is 9.84. The van der Waals surface area contributed by atoms with Crippen LogP contribution in [-0.4, -0.2) is 28.7 Å². The first-order chi connectivity index (χ1) is 8.75. The van der Waals surface area contributed by atoms with Crippen molar-refractivity contribution in [3.8, 4) is 11.1 Å². The molecule has 1 fully saturated rings. The molecule has 0 spiro atoms. The van der Waals surface area contributed by atoms with Crippen molar-refractivity contribution >= 4 is 11.7 Å². The van der Waals surface area contributed by atoms with Crippen molar-refractivity contribution in [2.75, 3.05) is 11.4 Å². The van der Waals surface area contributed by atoms with E-state index in [-0.39, 0.29) is 11.9 Å². The summed E-state index contributed by atoms with van der Waals surface area (Å²) in [5.74, 6) is 0.781. The standard InChI is InChI=1S/C13H14N4O/c14-10-6-12(18)17(8-10)13-11(7-15-16-13)9-4-2-1-3-5-9/h1-5,7,10H,6,8,14H2,(H,15,16). The molecule has 3 N–H and O–H groups in total. The van der Waals surface area contributed by atoms with Gasteiger partial charge in [0.2, 0.25) is 5.91 Å². The Bertz CT molecular complexity index is 563. The summed E-state index contributed by atoms with van der Waals surface area (Å²) < 4.78 is 0. The second-order valence-corrected chi connectivity index (χ2v) is 4.47. The Morgan fingerprint density at radius 1 is 1.33 bits per heavy atom. The lowest BCUT2D eigenvalue weighted by Crippen LogP contribution is -2.28. The van der Waals surface area contributed by atoms with E-state index in [2.05, 4.69) is 10.2 Å². The number of aromatic amines is 1. The van der Waals surface area contributed by atoms with Crippen molar-refractivity contribution in [1.29, 1.82) is 0 Å². The minimum Gasteiger partial charge on any atom is -0.326 e. The van der Waals surface area contributed by atoms with Crippen LogP contribution in [0.5, 0.6) is 0 Å². The van der Waals surface area contributed by atoms with Gasteiger partial charge < -0.3 is 5.73 Å². The topological polar surface area (TPSA) is 75.0 Å². The number of benzene rings is 1. The number of anilines is 1. The number of nitrogens with zero attached hydrogens (tertiary/aromatic N) is 2. The van der Waals surface area contributed by atoms with Crippen LogP contribution in [0.2, 0.25) is 0 Å². The van der Waals surface area contributed by atoms with Crippen LogP contribution < -0.4 is 10.6 Å². The van der Waals surface area contributed by atoms with E-state index in [1.807, 2.05) is 30.3 Å². The largest absolute Gasteiger partial charge is 0.326 e. The SMILES string of the molecule is NC1CC(=O)N(c2[nH]ncc2-c2ccccc2)C1. The number of rotatable bonds is 2. The lowest BCUT2D eigenvalue weighted by molar-refractivity contribution is -0.117. The van der Waals surface area contributed by atoms with E-state index in [1.165, 1.54) is 0 Å². The van der Waals surface area contributed by atoms with Crippen molar-refractivity contribution in [3.63, 3.8) is 0 Å². The first-order valence-electron chi connectivity index (χ1n) is 5.90. The average molecular weight is 242 g/mol. The van der Waals surface area contributed by atoms with Gasteiger partial charge in [0, 0.05) is 24.6 Å². The predicted octanol–water partition coefficient (Wildman–Crippen LogP) is 1.14. The van der Waals surface area contributed by atoms with E-state index in [0.29, 0.717) is 13.0 Å². The van der Waals surface area contributed by atoms with Crippen LogP contribution in [0.4, 0.5) is 5.82 Å². The first-order valence-corrected chi connectivity index (χ1v) is 5.90. The molecular formula is C13H14N4O. The molecule has 5 nitrogen and oxygen atoms in total. The van der Waals surface area contributed by atoms with Crippen LogP contribution in [0.25, 0.3) is 11.1 Å². The molecule has 2 aromatic rings. The van der Waals surface area contributed by atoms with Gasteiger partial charge in [-0.1, -0.05) is 30.3 Å². The number of aromatic nitrogens is 2. The fourth-order valence-electron chi connectivity index (χ4n) is 2.27. The fourth-order valence-corrected chi connectivity index (χ4v) is 2.27. The Morgan fingerprint density at radius 2 is 2.11 bits per heavy atom. The number of carbonyl (C=O) groups is 1. The highest BCUT2D eigenvalue weighted by atomic mass is 16.2. The molecule has 1 unspecified atom stereocenters. The molecule has 1 atom stereocenters. The number of nitrogens with two attached hydrogens (primary N) is 1. The third-order valence-corrected chi connectivity index (χ3v) is 3.13. The molecule has 1 aliphatic rings. The van der Waals surface area contributed by atoms with Crippen molar-refractivity contribution in [3.05, 3.63) is 36.5 Å². The van der Waals surface area contributed by atoms with Crippen molar-refractivity contribution < 1.29 is 4.79 Å². The maximum absolute atomic E-state index is 11.9. The van der Waals surface area contributed by atoms with E-state index >= 15 is 0 Å². The van der Waals surface area contributed by atoms with Crippen molar-refractivity contribution in [2.24, 2.45) is 5.73 Å². The average Bonchev–Trinajstić information content (AvgIpc) is 2.96. The Kier molecular flexibility index (Phi) is 2.60. The number of hydrogen-bond acceptors (Lipinski definition) is 3. The summed E-state index contributed by atoms with van der Waals surface area (Å²) in [6, 6.07) is 9.78. The molecule has 0 bridgehead atoms. The summed E-state index contributed by atoms with van der Waals surface area (Å²) in [6.45, 7) is 0.543. The predicted molar refractivity (Wildman–Crippen MR) is 69.0 cm³/mol. The zero-order valence-electron chi connectivity index (χ0n) is 9.84. The van der Waals surface area contributed by atoms with Crippen molar-refractivity contribution in [2.45, 2.75) is 12.5 Å².